The fraction of sp³-hybridized carbons (Fsp3) is 0.667. The van der Waals surface area contributed by atoms with Gasteiger partial charge in [-0.1, -0.05) is 41.5 Å². The highest BCUT2D eigenvalue weighted by atomic mass is 28.3. The van der Waals surface area contributed by atoms with E-state index in [4.69, 9.17) is 14.1 Å². The summed E-state index contributed by atoms with van der Waals surface area (Å²) >= 11 is 0. The van der Waals surface area contributed by atoms with Gasteiger partial charge in [-0.05, 0) is 49.9 Å². The number of aromatic nitrogens is 3. The Morgan fingerprint density at radius 1 is 1.07 bits per heavy atom. The van der Waals surface area contributed by atoms with Gasteiger partial charge in [0.25, 0.3) is 0 Å². The first kappa shape index (κ1) is 31.6. The number of piperidine rings is 1. The summed E-state index contributed by atoms with van der Waals surface area (Å²) in [5.74, 6) is 0.538. The lowest BCUT2D eigenvalue weighted by Gasteiger charge is -2.41. The van der Waals surface area contributed by atoms with Crippen molar-refractivity contribution in [2.24, 2.45) is 0 Å². The van der Waals surface area contributed by atoms with E-state index in [0.717, 1.165) is 11.6 Å². The van der Waals surface area contributed by atoms with E-state index >= 15 is 0 Å². The molecule has 3 heterocycles. The third-order valence-electron chi connectivity index (χ3n) is 8.90. The second-order valence-corrected chi connectivity index (χ2v) is 18.8. The van der Waals surface area contributed by atoms with Gasteiger partial charge in [0.1, 0.15) is 18.0 Å². The van der Waals surface area contributed by atoms with Crippen molar-refractivity contribution in [2.75, 3.05) is 6.61 Å². The number of nitrogens with one attached hydrogen (secondary N) is 1. The molecule has 11 heteroatoms. The minimum atomic E-state index is -4.56. The molecule has 0 bridgehead atoms. The SMILES string of the molecule is CC(C)n1cnc2cc(OC[C@@H]3C[C@@](O)(c4cnc([Si](C(C)C)(C(C)C)C(C)C)o4)C[C@H](C)N3)cc(C(F)(F)F)c21. The second-order valence-electron chi connectivity index (χ2n) is 13.0. The van der Waals surface area contributed by atoms with E-state index in [-0.39, 0.29) is 47.9 Å². The zero-order chi connectivity index (χ0) is 30.5. The number of imidazole rings is 1. The van der Waals surface area contributed by atoms with Gasteiger partial charge in [0, 0.05) is 30.6 Å². The second kappa shape index (κ2) is 11.4. The maximum atomic E-state index is 14.0. The molecule has 1 saturated heterocycles. The number of rotatable bonds is 9. The van der Waals surface area contributed by atoms with Gasteiger partial charge < -0.3 is 24.1 Å². The topological polar surface area (TPSA) is 85.3 Å². The third kappa shape index (κ3) is 5.81. The van der Waals surface area contributed by atoms with Gasteiger partial charge >= 0.3 is 6.18 Å². The van der Waals surface area contributed by atoms with Crippen LogP contribution in [0.4, 0.5) is 13.2 Å². The number of ether oxygens (including phenoxy) is 1. The largest absolute Gasteiger partial charge is 0.492 e. The molecule has 3 aromatic rings. The van der Waals surface area contributed by atoms with Gasteiger partial charge in [-0.3, -0.25) is 0 Å². The Balaban J connectivity index is 1.59. The molecule has 3 atom stereocenters. The van der Waals surface area contributed by atoms with Crippen LogP contribution in [0.25, 0.3) is 11.0 Å². The zero-order valence-electron chi connectivity index (χ0n) is 25.6. The van der Waals surface area contributed by atoms with Crippen LogP contribution in [0.1, 0.15) is 92.5 Å². The molecule has 0 unspecified atom stereocenters. The average molecular weight is 595 g/mol. The lowest BCUT2D eigenvalue weighted by atomic mass is 9.82. The molecule has 1 aliphatic rings. The fourth-order valence-corrected chi connectivity index (χ4v) is 13.3. The van der Waals surface area contributed by atoms with Crippen LogP contribution in [0.2, 0.25) is 16.6 Å². The van der Waals surface area contributed by atoms with Crippen LogP contribution in [0.3, 0.4) is 0 Å². The van der Waals surface area contributed by atoms with E-state index in [1.807, 2.05) is 20.8 Å². The van der Waals surface area contributed by atoms with E-state index in [1.54, 1.807) is 12.3 Å². The summed E-state index contributed by atoms with van der Waals surface area (Å²) < 4.78 is 56.0. The predicted molar refractivity (Wildman–Crippen MR) is 157 cm³/mol. The maximum Gasteiger partial charge on any atom is 0.418 e. The van der Waals surface area contributed by atoms with Gasteiger partial charge in [0.05, 0.1) is 29.1 Å². The molecular weight excluding hydrogens is 549 g/mol. The molecule has 228 valence electrons. The Bertz CT molecular complexity index is 1330. The van der Waals surface area contributed by atoms with Crippen LogP contribution < -0.4 is 15.6 Å². The number of aliphatic hydroxyl groups is 1. The summed E-state index contributed by atoms with van der Waals surface area (Å²) in [5, 5.41) is 15.3. The standard InChI is InChI=1S/C30H45F3N4O3Si/c1-17(2)37-16-35-25-11-23(10-24(27(25)37)30(31,32)33)39-15-22-13-29(38,12-21(9)36-22)26-14-34-28(40-26)41(18(3)4,19(5)6)20(7)8/h10-11,14,16-22,36,38H,12-13,15H2,1-9H3/t21-,22-,29+/m0/s1. The molecule has 0 amide bonds. The molecule has 2 aromatic heterocycles. The summed E-state index contributed by atoms with van der Waals surface area (Å²) in [6, 6.07) is 2.01. The van der Waals surface area contributed by atoms with E-state index in [9.17, 15) is 18.3 Å². The minimum absolute atomic E-state index is 0.0450. The van der Waals surface area contributed by atoms with Crippen molar-refractivity contribution in [2.45, 2.75) is 122 Å². The maximum absolute atomic E-state index is 14.0. The lowest BCUT2D eigenvalue weighted by Crippen LogP contribution is -2.56. The predicted octanol–water partition coefficient (Wildman–Crippen LogP) is 6.92. The van der Waals surface area contributed by atoms with Crippen molar-refractivity contribution >= 4 is 24.6 Å². The van der Waals surface area contributed by atoms with Gasteiger partial charge in [0.2, 0.25) is 0 Å². The molecule has 7 nitrogen and oxygen atoms in total. The third-order valence-corrected chi connectivity index (χ3v) is 15.6. The Morgan fingerprint density at radius 3 is 2.27 bits per heavy atom. The molecule has 0 spiro atoms. The Kier molecular flexibility index (Phi) is 8.75. The summed E-state index contributed by atoms with van der Waals surface area (Å²) in [4.78, 5) is 8.97. The first-order valence-electron chi connectivity index (χ1n) is 14.7. The number of oxazole rings is 1. The van der Waals surface area contributed by atoms with Crippen LogP contribution in [-0.2, 0) is 11.8 Å². The van der Waals surface area contributed by atoms with E-state index in [0.29, 0.717) is 28.8 Å². The molecule has 41 heavy (non-hydrogen) atoms. The Morgan fingerprint density at radius 2 is 1.71 bits per heavy atom. The van der Waals surface area contributed by atoms with E-state index < -0.39 is 25.4 Å². The first-order valence-corrected chi connectivity index (χ1v) is 16.9. The highest BCUT2D eigenvalue weighted by molar-refractivity contribution is 6.93. The van der Waals surface area contributed by atoms with Crippen molar-refractivity contribution in [1.82, 2.24) is 19.9 Å². The molecular formula is C30H45F3N4O3Si. The van der Waals surface area contributed by atoms with E-state index in [1.165, 1.54) is 10.9 Å². The summed E-state index contributed by atoms with van der Waals surface area (Å²) in [7, 11) is -2.15. The minimum Gasteiger partial charge on any atom is -0.492 e. The highest BCUT2D eigenvalue weighted by Crippen LogP contribution is 2.43. The van der Waals surface area contributed by atoms with Crippen LogP contribution >= 0.6 is 0 Å². The molecule has 0 aliphatic carbocycles. The summed E-state index contributed by atoms with van der Waals surface area (Å²) in [6.07, 6.45) is -0.752. The van der Waals surface area contributed by atoms with Crippen molar-refractivity contribution in [3.63, 3.8) is 0 Å². The van der Waals surface area contributed by atoms with E-state index in [2.05, 4.69) is 51.8 Å². The van der Waals surface area contributed by atoms with Crippen LogP contribution in [0.5, 0.6) is 5.75 Å². The fourth-order valence-electron chi connectivity index (χ4n) is 7.29. The van der Waals surface area contributed by atoms with Crippen molar-refractivity contribution in [3.8, 4) is 5.75 Å². The number of benzene rings is 1. The van der Waals surface area contributed by atoms with Gasteiger partial charge in [-0.2, -0.15) is 13.2 Å². The summed E-state index contributed by atoms with van der Waals surface area (Å²) in [5.41, 5.74) is 0.212. The molecule has 2 N–H and O–H groups in total. The number of hydrogen-bond donors (Lipinski definition) is 2. The average Bonchev–Trinajstić information content (AvgIpc) is 3.49. The number of alkyl halides is 3. The normalized spacial score (nSPS) is 22.6. The van der Waals surface area contributed by atoms with Crippen LogP contribution in [0.15, 0.2) is 29.1 Å². The van der Waals surface area contributed by atoms with Gasteiger partial charge in [-0.25, -0.2) is 9.97 Å². The molecule has 1 aromatic carbocycles. The zero-order valence-corrected chi connectivity index (χ0v) is 26.6. The van der Waals surface area contributed by atoms with Crippen molar-refractivity contribution in [3.05, 3.63) is 36.0 Å². The van der Waals surface area contributed by atoms with Crippen LogP contribution in [-0.4, -0.2) is 46.4 Å². The quantitative estimate of drug-likeness (QED) is 0.262. The molecule has 1 aliphatic heterocycles. The van der Waals surface area contributed by atoms with Crippen LogP contribution in [0, 0.1) is 0 Å². The molecule has 1 fully saturated rings. The van der Waals surface area contributed by atoms with Crippen molar-refractivity contribution < 1.29 is 27.4 Å². The smallest absolute Gasteiger partial charge is 0.418 e. The van der Waals surface area contributed by atoms with Gasteiger partial charge in [0.15, 0.2) is 19.3 Å². The number of hydrogen-bond acceptors (Lipinski definition) is 6. The number of halogens is 3. The first-order chi connectivity index (χ1) is 19.0. The highest BCUT2D eigenvalue weighted by Gasteiger charge is 2.50. The summed E-state index contributed by atoms with van der Waals surface area (Å²) in [6.45, 7) is 19.1. The lowest BCUT2D eigenvalue weighted by molar-refractivity contribution is -0.136. The van der Waals surface area contributed by atoms with Gasteiger partial charge in [-0.15, -0.1) is 0 Å². The monoisotopic (exact) mass is 594 g/mol. The molecule has 0 radical (unpaired) electrons. The van der Waals surface area contributed by atoms with Crippen molar-refractivity contribution in [1.29, 1.82) is 0 Å². The Labute approximate surface area is 241 Å². The number of nitrogens with zero attached hydrogens (tertiary/aromatic N) is 3. The number of fused-ring (bicyclic) bond motifs is 1. The molecule has 4 rings (SSSR count). The Hall–Kier alpha value is -2.37. The molecule has 0 saturated carbocycles.